The molecule has 14 heavy (non-hydrogen) atoms. The zero-order chi connectivity index (χ0) is 10.4. The average molecular weight is 200 g/mol. The van der Waals surface area contributed by atoms with E-state index in [0.717, 1.165) is 19.6 Å². The molecule has 1 atom stereocenters. The largest absolute Gasteiger partial charge is 0.395 e. The highest BCUT2D eigenvalue weighted by Gasteiger charge is 2.24. The molecule has 0 spiro atoms. The number of rotatable bonds is 8. The maximum Gasteiger partial charge on any atom is 0.0597 e. The molecule has 1 fully saturated rings. The first kappa shape index (κ1) is 12.0. The molecule has 0 bridgehead atoms. The minimum absolute atomic E-state index is 0.261. The predicted molar refractivity (Wildman–Crippen MR) is 59.4 cm³/mol. The van der Waals surface area contributed by atoms with Crippen LogP contribution in [0.25, 0.3) is 0 Å². The average Bonchev–Trinajstić information content (AvgIpc) is 2.99. The van der Waals surface area contributed by atoms with Gasteiger partial charge in [0.15, 0.2) is 0 Å². The fourth-order valence-electron chi connectivity index (χ4n) is 1.75. The van der Waals surface area contributed by atoms with Crippen LogP contribution in [0.3, 0.4) is 0 Å². The van der Waals surface area contributed by atoms with Gasteiger partial charge < -0.3 is 15.3 Å². The van der Waals surface area contributed by atoms with Crippen molar-refractivity contribution in [1.82, 2.24) is 10.2 Å². The third-order valence-corrected chi connectivity index (χ3v) is 2.73. The Morgan fingerprint density at radius 2 is 2.14 bits per heavy atom. The Balaban J connectivity index is 2.20. The van der Waals surface area contributed by atoms with Gasteiger partial charge in [0.05, 0.1) is 6.61 Å². The maximum absolute atomic E-state index is 9.23. The van der Waals surface area contributed by atoms with Crippen LogP contribution < -0.4 is 5.32 Å². The molecule has 0 aliphatic heterocycles. The van der Waals surface area contributed by atoms with E-state index in [-0.39, 0.29) is 12.6 Å². The summed E-state index contributed by atoms with van der Waals surface area (Å²) in [6, 6.07) is 0.960. The molecule has 3 nitrogen and oxygen atoms in total. The first-order chi connectivity index (χ1) is 6.80. The summed E-state index contributed by atoms with van der Waals surface area (Å²) in [4.78, 5) is 2.40. The van der Waals surface area contributed by atoms with Crippen LogP contribution in [0.2, 0.25) is 0 Å². The molecule has 1 aliphatic rings. The van der Waals surface area contributed by atoms with E-state index >= 15 is 0 Å². The van der Waals surface area contributed by atoms with Gasteiger partial charge in [0, 0.05) is 18.6 Å². The SMILES string of the molecule is CCCN(CC)CC(CO)NC1CC1. The fraction of sp³-hybridized carbons (Fsp3) is 1.00. The van der Waals surface area contributed by atoms with Crippen molar-refractivity contribution in [3.05, 3.63) is 0 Å². The number of hydrogen-bond acceptors (Lipinski definition) is 3. The predicted octanol–water partition coefficient (Wildman–Crippen LogP) is 0.831. The van der Waals surface area contributed by atoms with Crippen molar-refractivity contribution in [3.8, 4) is 0 Å². The summed E-state index contributed by atoms with van der Waals surface area (Å²) in [6.07, 6.45) is 3.77. The van der Waals surface area contributed by atoms with E-state index in [1.165, 1.54) is 19.3 Å². The summed E-state index contributed by atoms with van der Waals surface area (Å²) < 4.78 is 0. The smallest absolute Gasteiger partial charge is 0.0597 e. The standard InChI is InChI=1S/C11H24N2O/c1-3-7-13(4-2)8-11(9-14)12-10-5-6-10/h10-12,14H,3-9H2,1-2H3. The molecular formula is C11H24N2O. The zero-order valence-electron chi connectivity index (χ0n) is 9.50. The Kier molecular flexibility index (Phi) is 5.45. The number of aliphatic hydroxyl groups is 1. The summed E-state index contributed by atoms with van der Waals surface area (Å²) in [6.45, 7) is 7.84. The monoisotopic (exact) mass is 200 g/mol. The number of hydrogen-bond donors (Lipinski definition) is 2. The first-order valence-corrected chi connectivity index (χ1v) is 5.89. The fourth-order valence-corrected chi connectivity index (χ4v) is 1.75. The summed E-state index contributed by atoms with van der Waals surface area (Å²) in [5, 5.41) is 12.7. The van der Waals surface area contributed by atoms with Gasteiger partial charge in [-0.2, -0.15) is 0 Å². The molecule has 1 rings (SSSR count). The van der Waals surface area contributed by atoms with Crippen molar-refractivity contribution in [2.75, 3.05) is 26.2 Å². The highest BCUT2D eigenvalue weighted by Crippen LogP contribution is 2.19. The molecule has 0 amide bonds. The third kappa shape index (κ3) is 4.40. The van der Waals surface area contributed by atoms with Crippen LogP contribution in [0.15, 0.2) is 0 Å². The maximum atomic E-state index is 9.23. The summed E-state index contributed by atoms with van der Waals surface area (Å²) in [5.41, 5.74) is 0. The van der Waals surface area contributed by atoms with E-state index in [1.807, 2.05) is 0 Å². The van der Waals surface area contributed by atoms with Crippen LogP contribution in [0, 0.1) is 0 Å². The lowest BCUT2D eigenvalue weighted by molar-refractivity contribution is 0.184. The minimum atomic E-state index is 0.261. The topological polar surface area (TPSA) is 35.5 Å². The van der Waals surface area contributed by atoms with Crippen molar-refractivity contribution in [1.29, 1.82) is 0 Å². The van der Waals surface area contributed by atoms with E-state index < -0.39 is 0 Å². The van der Waals surface area contributed by atoms with Crippen LogP contribution in [0.1, 0.15) is 33.1 Å². The Labute approximate surface area is 87.5 Å². The Bertz CT molecular complexity index is 148. The van der Waals surface area contributed by atoms with Crippen LogP contribution >= 0.6 is 0 Å². The molecule has 1 unspecified atom stereocenters. The minimum Gasteiger partial charge on any atom is -0.395 e. The van der Waals surface area contributed by atoms with Crippen LogP contribution in [-0.2, 0) is 0 Å². The van der Waals surface area contributed by atoms with E-state index in [0.29, 0.717) is 6.04 Å². The first-order valence-electron chi connectivity index (χ1n) is 5.89. The van der Waals surface area contributed by atoms with Crippen molar-refractivity contribution in [3.63, 3.8) is 0 Å². The number of likely N-dealkylation sites (N-methyl/N-ethyl adjacent to an activating group) is 1. The summed E-state index contributed by atoms with van der Waals surface area (Å²) in [7, 11) is 0. The van der Waals surface area contributed by atoms with Crippen molar-refractivity contribution < 1.29 is 5.11 Å². The highest BCUT2D eigenvalue weighted by atomic mass is 16.3. The molecule has 0 radical (unpaired) electrons. The molecule has 0 saturated heterocycles. The molecule has 3 heteroatoms. The molecule has 0 aromatic heterocycles. The summed E-state index contributed by atoms with van der Waals surface area (Å²) in [5.74, 6) is 0. The van der Waals surface area contributed by atoms with Gasteiger partial charge in [-0.1, -0.05) is 13.8 Å². The molecule has 1 aliphatic carbocycles. The lowest BCUT2D eigenvalue weighted by Crippen LogP contribution is -2.44. The van der Waals surface area contributed by atoms with Crippen molar-refractivity contribution in [2.24, 2.45) is 0 Å². The van der Waals surface area contributed by atoms with Crippen molar-refractivity contribution in [2.45, 2.75) is 45.2 Å². The van der Waals surface area contributed by atoms with E-state index in [1.54, 1.807) is 0 Å². The molecule has 0 heterocycles. The second kappa shape index (κ2) is 6.38. The van der Waals surface area contributed by atoms with Gasteiger partial charge in [-0.3, -0.25) is 0 Å². The van der Waals surface area contributed by atoms with Crippen LogP contribution in [0.5, 0.6) is 0 Å². The third-order valence-electron chi connectivity index (χ3n) is 2.73. The number of aliphatic hydroxyl groups excluding tert-OH is 1. The van der Waals surface area contributed by atoms with Crippen LogP contribution in [0.4, 0.5) is 0 Å². The Morgan fingerprint density at radius 1 is 1.43 bits per heavy atom. The van der Waals surface area contributed by atoms with Gasteiger partial charge in [-0.15, -0.1) is 0 Å². The molecular weight excluding hydrogens is 176 g/mol. The van der Waals surface area contributed by atoms with Gasteiger partial charge in [-0.05, 0) is 32.4 Å². The highest BCUT2D eigenvalue weighted by molar-refractivity contribution is 4.85. The molecule has 0 aromatic rings. The van der Waals surface area contributed by atoms with E-state index in [4.69, 9.17) is 0 Å². The molecule has 0 aromatic carbocycles. The second-order valence-corrected chi connectivity index (χ2v) is 4.21. The quantitative estimate of drug-likeness (QED) is 0.609. The van der Waals surface area contributed by atoms with E-state index in [2.05, 4.69) is 24.1 Å². The summed E-state index contributed by atoms with van der Waals surface area (Å²) >= 11 is 0. The van der Waals surface area contributed by atoms with E-state index in [9.17, 15) is 5.11 Å². The Hall–Kier alpha value is -0.120. The van der Waals surface area contributed by atoms with Gasteiger partial charge in [-0.25, -0.2) is 0 Å². The zero-order valence-corrected chi connectivity index (χ0v) is 9.50. The van der Waals surface area contributed by atoms with Gasteiger partial charge in [0.1, 0.15) is 0 Å². The van der Waals surface area contributed by atoms with Gasteiger partial charge >= 0.3 is 0 Å². The lowest BCUT2D eigenvalue weighted by atomic mass is 10.2. The second-order valence-electron chi connectivity index (χ2n) is 4.21. The lowest BCUT2D eigenvalue weighted by Gasteiger charge is -2.25. The van der Waals surface area contributed by atoms with Crippen molar-refractivity contribution >= 4 is 0 Å². The normalized spacial score (nSPS) is 18.9. The Morgan fingerprint density at radius 3 is 2.57 bits per heavy atom. The molecule has 1 saturated carbocycles. The number of nitrogens with zero attached hydrogens (tertiary/aromatic N) is 1. The van der Waals surface area contributed by atoms with Gasteiger partial charge in [0.25, 0.3) is 0 Å². The number of nitrogens with one attached hydrogen (secondary N) is 1. The van der Waals surface area contributed by atoms with Gasteiger partial charge in [0.2, 0.25) is 0 Å². The molecule has 84 valence electrons. The van der Waals surface area contributed by atoms with Crippen LogP contribution in [-0.4, -0.2) is 48.3 Å². The molecule has 2 N–H and O–H groups in total.